The van der Waals surface area contributed by atoms with Crippen LogP contribution in [0.2, 0.25) is 0 Å². The maximum absolute atomic E-state index is 12.2. The van der Waals surface area contributed by atoms with Crippen molar-refractivity contribution in [1.82, 2.24) is 9.99 Å². The van der Waals surface area contributed by atoms with Crippen LogP contribution < -0.4 is 10.2 Å². The first-order valence-corrected chi connectivity index (χ1v) is 10.7. The Morgan fingerprint density at radius 3 is 2.45 bits per heavy atom. The first-order valence-electron chi connectivity index (χ1n) is 9.86. The van der Waals surface area contributed by atoms with E-state index >= 15 is 0 Å². The second-order valence-electron chi connectivity index (χ2n) is 7.15. The minimum Gasteiger partial charge on any atom is -0.486 e. The SMILES string of the molecule is Cc1ccc(C=NNC(=O)c2ccc(COc3ccc(-n4c(C)ccc4C)cc3)o2)s1. The Hall–Kier alpha value is -3.58. The van der Waals surface area contributed by atoms with Gasteiger partial charge in [-0.15, -0.1) is 11.3 Å². The van der Waals surface area contributed by atoms with E-state index in [2.05, 4.69) is 41.1 Å². The molecule has 3 heterocycles. The Labute approximate surface area is 184 Å². The normalized spacial score (nSPS) is 11.2. The van der Waals surface area contributed by atoms with Crippen LogP contribution in [0, 0.1) is 20.8 Å². The highest BCUT2D eigenvalue weighted by atomic mass is 32.1. The summed E-state index contributed by atoms with van der Waals surface area (Å²) in [5, 5.41) is 3.97. The van der Waals surface area contributed by atoms with Gasteiger partial charge in [0, 0.05) is 26.8 Å². The van der Waals surface area contributed by atoms with Crippen LogP contribution >= 0.6 is 11.3 Å². The number of nitrogens with zero attached hydrogens (tertiary/aromatic N) is 2. The van der Waals surface area contributed by atoms with E-state index in [0.29, 0.717) is 5.76 Å². The average Bonchev–Trinajstić information content (AvgIpc) is 3.48. The third-order valence-corrected chi connectivity index (χ3v) is 5.69. The summed E-state index contributed by atoms with van der Waals surface area (Å²) in [6.45, 7) is 6.41. The molecule has 7 heteroatoms. The van der Waals surface area contributed by atoms with Crippen LogP contribution in [0.5, 0.6) is 5.75 Å². The lowest BCUT2D eigenvalue weighted by atomic mass is 10.3. The number of nitrogens with one attached hydrogen (secondary N) is 1. The van der Waals surface area contributed by atoms with E-state index in [-0.39, 0.29) is 12.4 Å². The van der Waals surface area contributed by atoms with E-state index in [9.17, 15) is 4.79 Å². The molecule has 4 aromatic rings. The van der Waals surface area contributed by atoms with Gasteiger partial charge < -0.3 is 13.7 Å². The van der Waals surface area contributed by atoms with E-state index in [4.69, 9.17) is 9.15 Å². The number of hydrogen-bond donors (Lipinski definition) is 1. The third-order valence-electron chi connectivity index (χ3n) is 4.75. The molecule has 158 valence electrons. The fraction of sp³-hybridized carbons (Fsp3) is 0.167. The van der Waals surface area contributed by atoms with Gasteiger partial charge in [0.05, 0.1) is 6.21 Å². The molecule has 4 rings (SSSR count). The largest absolute Gasteiger partial charge is 0.486 e. The molecule has 0 radical (unpaired) electrons. The monoisotopic (exact) mass is 433 g/mol. The molecule has 0 aliphatic rings. The summed E-state index contributed by atoms with van der Waals surface area (Å²) in [7, 11) is 0. The molecule has 0 aliphatic carbocycles. The number of hydrogen-bond acceptors (Lipinski definition) is 5. The van der Waals surface area contributed by atoms with Crippen LogP contribution in [0.15, 0.2) is 70.2 Å². The molecule has 0 saturated carbocycles. The average molecular weight is 434 g/mol. The summed E-state index contributed by atoms with van der Waals surface area (Å²) in [6.07, 6.45) is 1.61. The van der Waals surface area contributed by atoms with Crippen molar-refractivity contribution in [1.29, 1.82) is 0 Å². The van der Waals surface area contributed by atoms with Crippen LogP contribution in [-0.2, 0) is 6.61 Å². The lowest BCUT2D eigenvalue weighted by Crippen LogP contribution is -2.16. The van der Waals surface area contributed by atoms with Crippen LogP contribution in [0.1, 0.15) is 37.5 Å². The quantitative estimate of drug-likeness (QED) is 0.313. The smallest absolute Gasteiger partial charge is 0.307 e. The number of amides is 1. The van der Waals surface area contributed by atoms with Crippen LogP contribution in [0.4, 0.5) is 0 Å². The summed E-state index contributed by atoms with van der Waals surface area (Å²) in [4.78, 5) is 14.3. The summed E-state index contributed by atoms with van der Waals surface area (Å²) in [5.74, 6) is 1.07. The van der Waals surface area contributed by atoms with Gasteiger partial charge in [0.15, 0.2) is 5.76 Å². The van der Waals surface area contributed by atoms with Gasteiger partial charge in [0.1, 0.15) is 18.1 Å². The predicted octanol–water partition coefficient (Wildman–Crippen LogP) is 5.40. The van der Waals surface area contributed by atoms with Gasteiger partial charge in [-0.1, -0.05) is 0 Å². The molecule has 1 amide bonds. The standard InChI is InChI=1S/C24H23N3O3S/c1-16-4-5-17(2)27(16)19-7-9-20(10-8-19)29-15-21-11-13-23(30-21)24(28)26-25-14-22-12-6-18(3)31-22/h4-14H,15H2,1-3H3,(H,26,28). The number of aryl methyl sites for hydroxylation is 3. The maximum Gasteiger partial charge on any atom is 0.307 e. The Morgan fingerprint density at radius 2 is 1.77 bits per heavy atom. The molecule has 0 spiro atoms. The van der Waals surface area contributed by atoms with Gasteiger partial charge in [-0.25, -0.2) is 5.43 Å². The van der Waals surface area contributed by atoms with E-state index in [1.807, 2.05) is 43.3 Å². The molecule has 0 fully saturated rings. The summed E-state index contributed by atoms with van der Waals surface area (Å²) in [6, 6.07) is 19.4. The lowest BCUT2D eigenvalue weighted by molar-refractivity contribution is 0.0923. The van der Waals surface area contributed by atoms with Crippen molar-refractivity contribution in [2.75, 3.05) is 0 Å². The van der Waals surface area contributed by atoms with Gasteiger partial charge in [-0.3, -0.25) is 4.79 Å². The third kappa shape index (κ3) is 4.95. The molecule has 0 unspecified atom stereocenters. The molecular weight excluding hydrogens is 410 g/mol. The summed E-state index contributed by atoms with van der Waals surface area (Å²) < 4.78 is 13.6. The molecule has 0 saturated heterocycles. The van der Waals surface area contributed by atoms with Gasteiger partial charge >= 0.3 is 5.91 Å². The molecule has 31 heavy (non-hydrogen) atoms. The highest BCUT2D eigenvalue weighted by Gasteiger charge is 2.11. The van der Waals surface area contributed by atoms with E-state index in [1.54, 1.807) is 29.7 Å². The Bertz CT molecular complexity index is 1200. The van der Waals surface area contributed by atoms with Gasteiger partial charge in [-0.2, -0.15) is 5.10 Å². The van der Waals surface area contributed by atoms with E-state index in [1.165, 1.54) is 16.3 Å². The zero-order chi connectivity index (χ0) is 21.8. The first kappa shape index (κ1) is 20.7. The number of rotatable bonds is 7. The zero-order valence-electron chi connectivity index (χ0n) is 17.6. The lowest BCUT2D eigenvalue weighted by Gasteiger charge is -2.10. The second kappa shape index (κ2) is 9.06. The second-order valence-corrected chi connectivity index (χ2v) is 8.47. The Morgan fingerprint density at radius 1 is 1.03 bits per heavy atom. The number of benzene rings is 1. The summed E-state index contributed by atoms with van der Waals surface area (Å²) in [5.41, 5.74) is 5.92. The fourth-order valence-corrected chi connectivity index (χ4v) is 3.98. The molecular formula is C24H23N3O3S. The number of thiophene rings is 1. The fourth-order valence-electron chi connectivity index (χ4n) is 3.23. The van der Waals surface area contributed by atoms with Crippen LogP contribution in [-0.4, -0.2) is 16.7 Å². The van der Waals surface area contributed by atoms with E-state index in [0.717, 1.165) is 16.3 Å². The molecule has 1 aromatic carbocycles. The number of carbonyl (C=O) groups excluding carboxylic acids is 1. The van der Waals surface area contributed by atoms with Crippen molar-refractivity contribution >= 4 is 23.5 Å². The number of carbonyl (C=O) groups is 1. The molecule has 0 aliphatic heterocycles. The van der Waals surface area contributed by atoms with Crippen LogP contribution in [0.25, 0.3) is 5.69 Å². The highest BCUT2D eigenvalue weighted by Crippen LogP contribution is 2.21. The van der Waals surface area contributed by atoms with Crippen molar-refractivity contribution in [3.63, 3.8) is 0 Å². The number of hydrazone groups is 1. The van der Waals surface area contributed by atoms with Crippen molar-refractivity contribution in [3.8, 4) is 11.4 Å². The molecule has 1 N–H and O–H groups in total. The maximum atomic E-state index is 12.2. The van der Waals surface area contributed by atoms with Crippen molar-refractivity contribution < 1.29 is 13.9 Å². The zero-order valence-corrected chi connectivity index (χ0v) is 18.4. The molecule has 0 bridgehead atoms. The number of ether oxygens (including phenoxy) is 1. The minimum absolute atomic E-state index is 0.187. The first-order chi connectivity index (χ1) is 15.0. The van der Waals surface area contributed by atoms with Crippen molar-refractivity contribution in [2.24, 2.45) is 5.10 Å². The van der Waals surface area contributed by atoms with Gasteiger partial charge in [0.25, 0.3) is 0 Å². The highest BCUT2D eigenvalue weighted by molar-refractivity contribution is 7.13. The Kier molecular flexibility index (Phi) is 6.04. The van der Waals surface area contributed by atoms with Crippen molar-refractivity contribution in [3.05, 3.63) is 93.3 Å². The van der Waals surface area contributed by atoms with Crippen LogP contribution in [0.3, 0.4) is 0 Å². The molecule has 6 nitrogen and oxygen atoms in total. The van der Waals surface area contributed by atoms with Gasteiger partial charge in [-0.05, 0) is 81.4 Å². The molecule has 3 aromatic heterocycles. The number of furan rings is 1. The van der Waals surface area contributed by atoms with Gasteiger partial charge in [0.2, 0.25) is 0 Å². The Balaban J connectivity index is 1.32. The number of aromatic nitrogens is 1. The van der Waals surface area contributed by atoms with E-state index < -0.39 is 5.91 Å². The topological polar surface area (TPSA) is 68.8 Å². The van der Waals surface area contributed by atoms with Crippen molar-refractivity contribution in [2.45, 2.75) is 27.4 Å². The minimum atomic E-state index is -0.405. The molecule has 0 atom stereocenters. The summed E-state index contributed by atoms with van der Waals surface area (Å²) >= 11 is 1.60. The predicted molar refractivity (Wildman–Crippen MR) is 122 cm³/mol.